The molecule has 1 heterocycles. The lowest BCUT2D eigenvalue weighted by Gasteiger charge is -2.38. The van der Waals surface area contributed by atoms with Crippen LogP contribution in [0.2, 0.25) is 0 Å². The largest absolute Gasteiger partial charge is 0.373 e. The van der Waals surface area contributed by atoms with Gasteiger partial charge in [-0.3, -0.25) is 9.69 Å². The topological polar surface area (TPSA) is 67.6 Å². The first-order valence-electron chi connectivity index (χ1n) is 7.35. The number of carbonyl (C=O) groups excluding carboxylic acids is 1. The molecule has 1 saturated heterocycles. The van der Waals surface area contributed by atoms with Crippen molar-refractivity contribution in [3.8, 4) is 0 Å². The van der Waals surface area contributed by atoms with Crippen LogP contribution in [0.4, 0.5) is 0 Å². The number of amides is 1. The summed E-state index contributed by atoms with van der Waals surface area (Å²) in [6.45, 7) is 8.37. The van der Waals surface area contributed by atoms with Gasteiger partial charge in [-0.1, -0.05) is 12.8 Å². The van der Waals surface area contributed by atoms with E-state index in [-0.39, 0.29) is 36.3 Å². The number of ether oxygens (including phenoxy) is 1. The van der Waals surface area contributed by atoms with Crippen molar-refractivity contribution in [1.29, 1.82) is 0 Å². The third kappa shape index (κ3) is 5.91. The molecular formula is C14H29Cl2N3O2. The molecule has 2 aliphatic rings. The zero-order valence-electron chi connectivity index (χ0n) is 13.0. The summed E-state index contributed by atoms with van der Waals surface area (Å²) < 4.78 is 5.67. The third-order valence-corrected chi connectivity index (χ3v) is 4.17. The predicted molar refractivity (Wildman–Crippen MR) is 89.4 cm³/mol. The van der Waals surface area contributed by atoms with Crippen molar-refractivity contribution in [2.75, 3.05) is 32.8 Å². The zero-order valence-corrected chi connectivity index (χ0v) is 14.7. The quantitative estimate of drug-likeness (QED) is 0.809. The average molecular weight is 342 g/mol. The Kier molecular flexibility index (Phi) is 8.50. The highest BCUT2D eigenvalue weighted by Crippen LogP contribution is 2.27. The Morgan fingerprint density at radius 1 is 1.29 bits per heavy atom. The number of hydrogen-bond donors (Lipinski definition) is 2. The SMILES string of the molecule is CC1(C)CN(CCNC(=O)C2(N)CCCC2)CCO1.Cl.Cl. The van der Waals surface area contributed by atoms with E-state index >= 15 is 0 Å². The number of morpholine rings is 1. The molecular weight excluding hydrogens is 313 g/mol. The average Bonchev–Trinajstić information content (AvgIpc) is 2.76. The summed E-state index contributed by atoms with van der Waals surface area (Å²) in [4.78, 5) is 14.4. The Morgan fingerprint density at radius 3 is 2.48 bits per heavy atom. The molecule has 3 N–H and O–H groups in total. The molecule has 7 heteroatoms. The fourth-order valence-corrected chi connectivity index (χ4v) is 3.04. The van der Waals surface area contributed by atoms with Crippen molar-refractivity contribution < 1.29 is 9.53 Å². The van der Waals surface area contributed by atoms with E-state index in [9.17, 15) is 4.79 Å². The maximum atomic E-state index is 12.1. The van der Waals surface area contributed by atoms with Gasteiger partial charge in [-0.25, -0.2) is 0 Å². The summed E-state index contributed by atoms with van der Waals surface area (Å²) in [5.41, 5.74) is 5.43. The van der Waals surface area contributed by atoms with Crippen LogP contribution in [0.15, 0.2) is 0 Å². The van der Waals surface area contributed by atoms with Gasteiger partial charge in [0.25, 0.3) is 0 Å². The van der Waals surface area contributed by atoms with E-state index in [0.29, 0.717) is 6.54 Å². The van der Waals surface area contributed by atoms with E-state index in [0.717, 1.165) is 51.9 Å². The van der Waals surface area contributed by atoms with Crippen molar-refractivity contribution >= 4 is 30.7 Å². The highest BCUT2D eigenvalue weighted by atomic mass is 35.5. The maximum Gasteiger partial charge on any atom is 0.240 e. The van der Waals surface area contributed by atoms with E-state index in [4.69, 9.17) is 10.5 Å². The lowest BCUT2D eigenvalue weighted by molar-refractivity contribution is -0.126. The molecule has 0 aromatic rings. The van der Waals surface area contributed by atoms with Crippen LogP contribution in [-0.2, 0) is 9.53 Å². The fraction of sp³-hybridized carbons (Fsp3) is 0.929. The summed E-state index contributed by atoms with van der Waals surface area (Å²) in [7, 11) is 0. The summed E-state index contributed by atoms with van der Waals surface area (Å²) in [6.07, 6.45) is 3.79. The smallest absolute Gasteiger partial charge is 0.240 e. The molecule has 0 unspecified atom stereocenters. The Labute approximate surface area is 140 Å². The molecule has 1 aliphatic heterocycles. The van der Waals surface area contributed by atoms with Crippen molar-refractivity contribution in [3.63, 3.8) is 0 Å². The zero-order chi connectivity index (χ0) is 13.9. The Morgan fingerprint density at radius 2 is 1.90 bits per heavy atom. The van der Waals surface area contributed by atoms with Crippen molar-refractivity contribution in [2.24, 2.45) is 5.73 Å². The normalized spacial score (nSPS) is 23.8. The Bertz CT molecular complexity index is 334. The lowest BCUT2D eigenvalue weighted by Crippen LogP contribution is -2.54. The molecule has 21 heavy (non-hydrogen) atoms. The van der Waals surface area contributed by atoms with Crippen molar-refractivity contribution in [3.05, 3.63) is 0 Å². The second-order valence-corrected chi connectivity index (χ2v) is 6.50. The minimum atomic E-state index is -0.607. The molecule has 1 amide bonds. The molecule has 0 bridgehead atoms. The second-order valence-electron chi connectivity index (χ2n) is 6.50. The number of halogens is 2. The molecule has 2 rings (SSSR count). The molecule has 0 aromatic carbocycles. The highest BCUT2D eigenvalue weighted by Gasteiger charge is 2.36. The summed E-state index contributed by atoms with van der Waals surface area (Å²) in [6, 6.07) is 0. The minimum Gasteiger partial charge on any atom is -0.373 e. The van der Waals surface area contributed by atoms with Gasteiger partial charge in [0.1, 0.15) is 0 Å². The van der Waals surface area contributed by atoms with E-state index < -0.39 is 5.54 Å². The first kappa shape index (κ1) is 20.9. The molecule has 2 fully saturated rings. The number of nitrogens with two attached hydrogens (primary N) is 1. The number of hydrogen-bond acceptors (Lipinski definition) is 4. The minimum absolute atomic E-state index is 0. The fourth-order valence-electron chi connectivity index (χ4n) is 3.04. The van der Waals surface area contributed by atoms with Crippen LogP contribution in [0.3, 0.4) is 0 Å². The van der Waals surface area contributed by atoms with Crippen LogP contribution in [0.25, 0.3) is 0 Å². The van der Waals surface area contributed by atoms with Gasteiger partial charge in [0, 0.05) is 26.2 Å². The van der Waals surface area contributed by atoms with Gasteiger partial charge in [0.05, 0.1) is 17.7 Å². The predicted octanol–water partition coefficient (Wildman–Crippen LogP) is 1.33. The molecule has 0 radical (unpaired) electrons. The van der Waals surface area contributed by atoms with Crippen LogP contribution in [0.1, 0.15) is 39.5 Å². The number of carbonyl (C=O) groups is 1. The van der Waals surface area contributed by atoms with Crippen molar-refractivity contribution in [2.45, 2.75) is 50.7 Å². The van der Waals surface area contributed by atoms with Gasteiger partial charge < -0.3 is 15.8 Å². The Hall–Kier alpha value is -0.0700. The highest BCUT2D eigenvalue weighted by molar-refractivity contribution is 5.86. The number of nitrogens with one attached hydrogen (secondary N) is 1. The van der Waals surface area contributed by atoms with Gasteiger partial charge in [0.15, 0.2) is 0 Å². The first-order valence-corrected chi connectivity index (χ1v) is 7.35. The van der Waals surface area contributed by atoms with Gasteiger partial charge in [-0.2, -0.15) is 0 Å². The van der Waals surface area contributed by atoms with E-state index in [1.165, 1.54) is 0 Å². The maximum absolute atomic E-state index is 12.1. The second kappa shape index (κ2) is 8.53. The van der Waals surface area contributed by atoms with Gasteiger partial charge in [0.2, 0.25) is 5.91 Å². The summed E-state index contributed by atoms with van der Waals surface area (Å²) in [5, 5.41) is 2.99. The van der Waals surface area contributed by atoms with E-state index in [1.807, 2.05) is 0 Å². The molecule has 0 atom stereocenters. The third-order valence-electron chi connectivity index (χ3n) is 4.17. The Balaban J connectivity index is 0.00000200. The molecule has 1 saturated carbocycles. The van der Waals surface area contributed by atoms with Crippen LogP contribution < -0.4 is 11.1 Å². The van der Waals surface area contributed by atoms with Crippen LogP contribution in [0.5, 0.6) is 0 Å². The first-order chi connectivity index (χ1) is 8.91. The van der Waals surface area contributed by atoms with Crippen molar-refractivity contribution in [1.82, 2.24) is 10.2 Å². The monoisotopic (exact) mass is 341 g/mol. The molecule has 0 spiro atoms. The van der Waals surface area contributed by atoms with Gasteiger partial charge >= 0.3 is 0 Å². The number of nitrogens with zero attached hydrogens (tertiary/aromatic N) is 1. The lowest BCUT2D eigenvalue weighted by atomic mass is 9.98. The molecule has 0 aromatic heterocycles. The van der Waals surface area contributed by atoms with Crippen LogP contribution >= 0.6 is 24.8 Å². The van der Waals surface area contributed by atoms with Crippen LogP contribution in [-0.4, -0.2) is 54.7 Å². The molecule has 126 valence electrons. The summed E-state index contributed by atoms with van der Waals surface area (Å²) in [5.74, 6) is 0.0255. The molecule has 1 aliphatic carbocycles. The summed E-state index contributed by atoms with van der Waals surface area (Å²) >= 11 is 0. The van der Waals surface area contributed by atoms with Crippen LogP contribution in [0, 0.1) is 0 Å². The van der Waals surface area contributed by atoms with Gasteiger partial charge in [-0.05, 0) is 26.7 Å². The number of rotatable bonds is 4. The molecule has 5 nitrogen and oxygen atoms in total. The van der Waals surface area contributed by atoms with E-state index in [1.54, 1.807) is 0 Å². The standard InChI is InChI=1S/C14H27N3O2.2ClH/c1-13(2)11-17(9-10-19-13)8-7-16-12(18)14(15)5-3-4-6-14;;/h3-11,15H2,1-2H3,(H,16,18);2*1H. The van der Waals surface area contributed by atoms with E-state index in [2.05, 4.69) is 24.1 Å². The van der Waals surface area contributed by atoms with Gasteiger partial charge in [-0.15, -0.1) is 24.8 Å².